The maximum atomic E-state index is 12.3. The van der Waals surface area contributed by atoms with Gasteiger partial charge in [0, 0.05) is 0 Å². The van der Waals surface area contributed by atoms with Crippen molar-refractivity contribution in [2.24, 2.45) is 7.05 Å². The number of aromatic nitrogens is 2. The SMILES string of the molecule is CCOC(=O)[C@H](C(=O)OCc1ccccc1)n1cc[n+](C)c1. The maximum Gasteiger partial charge on any atom is 0.364 e. The molecule has 0 aliphatic heterocycles. The summed E-state index contributed by atoms with van der Waals surface area (Å²) in [5.74, 6) is -1.27. The molecule has 0 spiro atoms. The van der Waals surface area contributed by atoms with Gasteiger partial charge in [0.2, 0.25) is 6.33 Å². The summed E-state index contributed by atoms with van der Waals surface area (Å²) in [5, 5.41) is 0. The quantitative estimate of drug-likeness (QED) is 0.456. The zero-order valence-electron chi connectivity index (χ0n) is 12.6. The second kappa shape index (κ2) is 7.40. The van der Waals surface area contributed by atoms with E-state index >= 15 is 0 Å². The van der Waals surface area contributed by atoms with Crippen molar-refractivity contribution in [3.63, 3.8) is 0 Å². The van der Waals surface area contributed by atoms with E-state index in [1.807, 2.05) is 30.3 Å². The molecule has 0 saturated heterocycles. The van der Waals surface area contributed by atoms with E-state index < -0.39 is 18.0 Å². The predicted octanol–water partition coefficient (Wildman–Crippen LogP) is 1.16. The molecule has 1 heterocycles. The van der Waals surface area contributed by atoms with Gasteiger partial charge in [0.15, 0.2) is 0 Å². The van der Waals surface area contributed by atoms with Crippen LogP contribution >= 0.6 is 0 Å². The van der Waals surface area contributed by atoms with Gasteiger partial charge in [0.05, 0.1) is 13.7 Å². The van der Waals surface area contributed by atoms with Crippen LogP contribution in [-0.2, 0) is 32.7 Å². The molecule has 0 radical (unpaired) electrons. The van der Waals surface area contributed by atoms with Crippen molar-refractivity contribution < 1.29 is 23.6 Å². The molecule has 1 aromatic heterocycles. The molecule has 0 saturated carbocycles. The first-order valence-electron chi connectivity index (χ1n) is 7.01. The van der Waals surface area contributed by atoms with Crippen LogP contribution in [0.3, 0.4) is 0 Å². The van der Waals surface area contributed by atoms with Gasteiger partial charge in [-0.15, -0.1) is 0 Å². The number of ether oxygens (including phenoxy) is 2. The van der Waals surface area contributed by atoms with Crippen LogP contribution in [0.1, 0.15) is 18.5 Å². The van der Waals surface area contributed by atoms with E-state index in [2.05, 4.69) is 0 Å². The highest BCUT2D eigenvalue weighted by atomic mass is 16.6. The maximum absolute atomic E-state index is 12.3. The predicted molar refractivity (Wildman–Crippen MR) is 77.5 cm³/mol. The third-order valence-corrected chi connectivity index (χ3v) is 3.04. The summed E-state index contributed by atoms with van der Waals surface area (Å²) in [6.45, 7) is 2.01. The van der Waals surface area contributed by atoms with Crippen LogP contribution in [0, 0.1) is 0 Å². The Morgan fingerprint density at radius 3 is 2.45 bits per heavy atom. The molecule has 2 rings (SSSR count). The van der Waals surface area contributed by atoms with Gasteiger partial charge in [-0.1, -0.05) is 30.3 Å². The first kappa shape index (κ1) is 15.8. The fourth-order valence-corrected chi connectivity index (χ4v) is 1.99. The van der Waals surface area contributed by atoms with Crippen LogP contribution < -0.4 is 4.57 Å². The number of esters is 2. The van der Waals surface area contributed by atoms with Gasteiger partial charge in [0.1, 0.15) is 19.0 Å². The first-order chi connectivity index (χ1) is 10.6. The van der Waals surface area contributed by atoms with Crippen molar-refractivity contribution >= 4 is 11.9 Å². The Labute approximate surface area is 128 Å². The topological polar surface area (TPSA) is 61.4 Å². The number of carbonyl (C=O) groups is 2. The van der Waals surface area contributed by atoms with E-state index in [0.29, 0.717) is 0 Å². The molecule has 116 valence electrons. The Kier molecular flexibility index (Phi) is 5.30. The molecule has 0 N–H and O–H groups in total. The lowest BCUT2D eigenvalue weighted by molar-refractivity contribution is -0.671. The lowest BCUT2D eigenvalue weighted by atomic mass is 10.2. The first-order valence-corrected chi connectivity index (χ1v) is 7.01. The van der Waals surface area contributed by atoms with Crippen molar-refractivity contribution in [2.45, 2.75) is 19.6 Å². The van der Waals surface area contributed by atoms with Crippen molar-refractivity contribution in [2.75, 3.05) is 6.61 Å². The van der Waals surface area contributed by atoms with Gasteiger partial charge in [-0.3, -0.25) is 0 Å². The lowest BCUT2D eigenvalue weighted by Gasteiger charge is -2.12. The van der Waals surface area contributed by atoms with Gasteiger partial charge >= 0.3 is 11.9 Å². The largest absolute Gasteiger partial charge is 0.462 e. The Hall–Kier alpha value is -2.63. The van der Waals surface area contributed by atoms with E-state index in [1.54, 1.807) is 37.3 Å². The Bertz CT molecular complexity index is 637. The van der Waals surface area contributed by atoms with Crippen LogP contribution in [0.15, 0.2) is 49.1 Å². The van der Waals surface area contributed by atoms with Gasteiger partial charge < -0.3 is 9.47 Å². The summed E-state index contributed by atoms with van der Waals surface area (Å²) >= 11 is 0. The Morgan fingerprint density at radius 2 is 1.86 bits per heavy atom. The van der Waals surface area contributed by atoms with Crippen molar-refractivity contribution in [3.05, 3.63) is 54.6 Å². The third kappa shape index (κ3) is 3.94. The number of rotatable bonds is 6. The number of imidazole rings is 1. The van der Waals surface area contributed by atoms with Crippen molar-refractivity contribution in [1.82, 2.24) is 4.57 Å². The summed E-state index contributed by atoms with van der Waals surface area (Å²) in [6.07, 6.45) is 4.99. The molecule has 6 nitrogen and oxygen atoms in total. The molecule has 1 aromatic carbocycles. The van der Waals surface area contributed by atoms with Crippen LogP contribution in [0.5, 0.6) is 0 Å². The molecule has 6 heteroatoms. The van der Waals surface area contributed by atoms with E-state index in [1.165, 1.54) is 4.57 Å². The monoisotopic (exact) mass is 303 g/mol. The standard InChI is InChI=1S/C16H19N2O4/c1-3-21-15(19)14(18-10-9-17(2)12-18)16(20)22-11-13-7-5-4-6-8-13/h4-10,12,14H,3,11H2,1-2H3/q+1/t14-/m1/s1. The number of carbonyl (C=O) groups excluding carboxylic acids is 2. The number of hydrogen-bond donors (Lipinski definition) is 0. The second-order valence-corrected chi connectivity index (χ2v) is 4.77. The van der Waals surface area contributed by atoms with Crippen LogP contribution in [0.25, 0.3) is 0 Å². The fraction of sp³-hybridized carbons (Fsp3) is 0.312. The van der Waals surface area contributed by atoms with Crippen molar-refractivity contribution in [1.29, 1.82) is 0 Å². The summed E-state index contributed by atoms with van der Waals surface area (Å²) in [5.41, 5.74) is 0.858. The number of benzene rings is 1. The van der Waals surface area contributed by atoms with Gasteiger partial charge in [-0.05, 0) is 12.5 Å². The highest BCUT2D eigenvalue weighted by molar-refractivity contribution is 5.97. The minimum absolute atomic E-state index is 0.114. The molecular formula is C16H19N2O4+. The molecule has 0 aliphatic carbocycles. The van der Waals surface area contributed by atoms with E-state index in [4.69, 9.17) is 9.47 Å². The van der Waals surface area contributed by atoms with Gasteiger partial charge in [0.25, 0.3) is 6.04 Å². The summed E-state index contributed by atoms with van der Waals surface area (Å²) in [4.78, 5) is 24.3. The molecule has 0 amide bonds. The van der Waals surface area contributed by atoms with Gasteiger partial charge in [-0.2, -0.15) is 0 Å². The normalized spacial score (nSPS) is 11.7. The minimum atomic E-state index is -1.13. The van der Waals surface area contributed by atoms with E-state index in [9.17, 15) is 9.59 Å². The molecular weight excluding hydrogens is 284 g/mol. The minimum Gasteiger partial charge on any atom is -0.462 e. The number of hydrogen-bond acceptors (Lipinski definition) is 4. The van der Waals surface area contributed by atoms with Crippen LogP contribution in [0.4, 0.5) is 0 Å². The molecule has 0 aliphatic rings. The zero-order valence-corrected chi connectivity index (χ0v) is 12.6. The zero-order chi connectivity index (χ0) is 15.9. The smallest absolute Gasteiger partial charge is 0.364 e. The van der Waals surface area contributed by atoms with Crippen LogP contribution in [-0.4, -0.2) is 23.1 Å². The lowest BCUT2D eigenvalue weighted by Crippen LogP contribution is -2.32. The second-order valence-electron chi connectivity index (χ2n) is 4.77. The molecule has 1 atom stereocenters. The number of nitrogens with zero attached hydrogens (tertiary/aromatic N) is 2. The average Bonchev–Trinajstić information content (AvgIpc) is 2.93. The average molecular weight is 303 g/mol. The highest BCUT2D eigenvalue weighted by Gasteiger charge is 2.36. The third-order valence-electron chi connectivity index (χ3n) is 3.04. The summed E-state index contributed by atoms with van der Waals surface area (Å²) in [6, 6.07) is 8.16. The molecule has 0 unspecified atom stereocenters. The molecule has 0 fully saturated rings. The summed E-state index contributed by atoms with van der Waals surface area (Å²) < 4.78 is 13.4. The molecule has 2 aromatic rings. The fourth-order valence-electron chi connectivity index (χ4n) is 1.99. The Balaban J connectivity index is 2.10. The van der Waals surface area contributed by atoms with Crippen molar-refractivity contribution in [3.8, 4) is 0 Å². The Morgan fingerprint density at radius 1 is 1.18 bits per heavy atom. The van der Waals surface area contributed by atoms with Gasteiger partial charge in [-0.25, -0.2) is 18.7 Å². The molecule has 0 bridgehead atoms. The number of aryl methyl sites for hydroxylation is 1. The molecule has 22 heavy (non-hydrogen) atoms. The van der Waals surface area contributed by atoms with Crippen LogP contribution in [0.2, 0.25) is 0 Å². The van der Waals surface area contributed by atoms with E-state index in [0.717, 1.165) is 5.56 Å². The highest BCUT2D eigenvalue weighted by Crippen LogP contribution is 2.12. The summed E-state index contributed by atoms with van der Waals surface area (Å²) in [7, 11) is 1.80. The van der Waals surface area contributed by atoms with E-state index in [-0.39, 0.29) is 13.2 Å².